The van der Waals surface area contributed by atoms with Crippen LogP contribution in [-0.2, 0) is 16.4 Å². The van der Waals surface area contributed by atoms with Gasteiger partial charge in [-0.15, -0.1) is 0 Å². The number of Topliss-reactive ketones (excluding diaryl/α,β-unsaturated/α-hetero) is 1. The molecule has 0 radical (unpaired) electrons. The molecule has 0 bridgehead atoms. The van der Waals surface area contributed by atoms with Crippen molar-refractivity contribution in [3.63, 3.8) is 0 Å². The van der Waals surface area contributed by atoms with Crippen molar-refractivity contribution in [3.8, 4) is 11.1 Å². The zero-order chi connectivity index (χ0) is 15.9. The zero-order valence-electron chi connectivity index (χ0n) is 11.9. The van der Waals surface area contributed by atoms with Crippen molar-refractivity contribution in [2.45, 2.75) is 12.8 Å². The van der Waals surface area contributed by atoms with Gasteiger partial charge < -0.3 is 0 Å². The van der Waals surface area contributed by atoms with Gasteiger partial charge >= 0.3 is 0 Å². The molecule has 0 aromatic heterocycles. The van der Waals surface area contributed by atoms with Gasteiger partial charge in [-0.05, 0) is 41.8 Å². The summed E-state index contributed by atoms with van der Waals surface area (Å²) in [5.41, 5.74) is 3.07. The standard InChI is InChI=1S/C16H14FNO3S/c1-22(20,21)18-15-8-11-4-7-16(19)14(11)9-13(15)10-2-5-12(17)6-3-10/h2-3,5-6,8-9,18H,4,7H2,1H3. The highest BCUT2D eigenvalue weighted by molar-refractivity contribution is 7.92. The molecule has 0 spiro atoms. The molecule has 22 heavy (non-hydrogen) atoms. The highest BCUT2D eigenvalue weighted by Gasteiger charge is 2.23. The lowest BCUT2D eigenvalue weighted by Gasteiger charge is -2.13. The molecule has 1 N–H and O–H groups in total. The van der Waals surface area contributed by atoms with Crippen LogP contribution in [0.5, 0.6) is 0 Å². The van der Waals surface area contributed by atoms with E-state index in [1.54, 1.807) is 24.3 Å². The highest BCUT2D eigenvalue weighted by atomic mass is 32.2. The number of hydrogen-bond donors (Lipinski definition) is 1. The van der Waals surface area contributed by atoms with Gasteiger partial charge in [-0.1, -0.05) is 12.1 Å². The maximum atomic E-state index is 13.1. The molecule has 1 aliphatic carbocycles. The van der Waals surface area contributed by atoms with E-state index in [1.807, 2.05) is 0 Å². The van der Waals surface area contributed by atoms with Gasteiger partial charge in [0.25, 0.3) is 0 Å². The molecule has 0 aliphatic heterocycles. The number of aryl methyl sites for hydroxylation is 1. The first kappa shape index (κ1) is 14.7. The van der Waals surface area contributed by atoms with Crippen LogP contribution in [0.3, 0.4) is 0 Å². The third-order valence-corrected chi connectivity index (χ3v) is 4.21. The van der Waals surface area contributed by atoms with Crippen LogP contribution in [0, 0.1) is 5.82 Å². The van der Waals surface area contributed by atoms with Crippen molar-refractivity contribution in [2.75, 3.05) is 11.0 Å². The Balaban J connectivity index is 2.19. The van der Waals surface area contributed by atoms with Crippen molar-refractivity contribution < 1.29 is 17.6 Å². The van der Waals surface area contributed by atoms with Crippen LogP contribution < -0.4 is 4.72 Å². The molecule has 0 heterocycles. The summed E-state index contributed by atoms with van der Waals surface area (Å²) in [5, 5.41) is 0. The molecule has 6 heteroatoms. The van der Waals surface area contributed by atoms with Crippen LogP contribution in [0.2, 0.25) is 0 Å². The fourth-order valence-electron chi connectivity index (χ4n) is 2.65. The van der Waals surface area contributed by atoms with Gasteiger partial charge in [0, 0.05) is 17.5 Å². The van der Waals surface area contributed by atoms with E-state index in [1.165, 1.54) is 12.1 Å². The average molecular weight is 319 g/mol. The van der Waals surface area contributed by atoms with Crippen LogP contribution in [0.15, 0.2) is 36.4 Å². The van der Waals surface area contributed by atoms with Crippen LogP contribution in [-0.4, -0.2) is 20.5 Å². The Kier molecular flexibility index (Phi) is 3.48. The lowest BCUT2D eigenvalue weighted by atomic mass is 9.98. The van der Waals surface area contributed by atoms with E-state index in [9.17, 15) is 17.6 Å². The molecular formula is C16H14FNO3S. The molecule has 0 saturated carbocycles. The second-order valence-corrected chi connectivity index (χ2v) is 7.11. The van der Waals surface area contributed by atoms with Gasteiger partial charge in [-0.3, -0.25) is 9.52 Å². The first-order chi connectivity index (χ1) is 10.3. The summed E-state index contributed by atoms with van der Waals surface area (Å²) < 4.78 is 38.7. The number of benzene rings is 2. The fraction of sp³-hybridized carbons (Fsp3) is 0.188. The predicted octanol–water partition coefficient (Wildman–Crippen LogP) is 2.99. The predicted molar refractivity (Wildman–Crippen MR) is 83.0 cm³/mol. The topological polar surface area (TPSA) is 63.2 Å². The summed E-state index contributed by atoms with van der Waals surface area (Å²) in [4.78, 5) is 11.9. The molecular weight excluding hydrogens is 305 g/mol. The van der Waals surface area contributed by atoms with Crippen molar-refractivity contribution >= 4 is 21.5 Å². The van der Waals surface area contributed by atoms with E-state index in [4.69, 9.17) is 0 Å². The Hall–Kier alpha value is -2.21. The number of carbonyl (C=O) groups excluding carboxylic acids is 1. The molecule has 0 saturated heterocycles. The van der Waals surface area contributed by atoms with Crippen LogP contribution in [0.1, 0.15) is 22.3 Å². The monoisotopic (exact) mass is 319 g/mol. The highest BCUT2D eigenvalue weighted by Crippen LogP contribution is 2.35. The van der Waals surface area contributed by atoms with Gasteiger partial charge in [-0.25, -0.2) is 12.8 Å². The summed E-state index contributed by atoms with van der Waals surface area (Å²) in [6.07, 6.45) is 2.11. The molecule has 3 rings (SSSR count). The van der Waals surface area contributed by atoms with E-state index in [2.05, 4.69) is 4.72 Å². The maximum Gasteiger partial charge on any atom is 0.229 e. The van der Waals surface area contributed by atoms with Crippen molar-refractivity contribution in [1.29, 1.82) is 0 Å². The largest absolute Gasteiger partial charge is 0.294 e. The number of sulfonamides is 1. The first-order valence-corrected chi connectivity index (χ1v) is 8.66. The number of ketones is 1. The van der Waals surface area contributed by atoms with Crippen LogP contribution >= 0.6 is 0 Å². The number of nitrogens with one attached hydrogen (secondary N) is 1. The Labute approximate surface area is 128 Å². The summed E-state index contributed by atoms with van der Waals surface area (Å²) in [7, 11) is -3.46. The summed E-state index contributed by atoms with van der Waals surface area (Å²) in [6.45, 7) is 0. The summed E-state index contributed by atoms with van der Waals surface area (Å²) >= 11 is 0. The van der Waals surface area contributed by atoms with Crippen LogP contribution in [0.4, 0.5) is 10.1 Å². The Morgan fingerprint density at radius 2 is 1.73 bits per heavy atom. The summed E-state index contributed by atoms with van der Waals surface area (Å²) in [6, 6.07) is 9.10. The Morgan fingerprint density at radius 1 is 1.05 bits per heavy atom. The van der Waals surface area contributed by atoms with E-state index in [-0.39, 0.29) is 11.6 Å². The quantitative estimate of drug-likeness (QED) is 0.946. The van der Waals surface area contributed by atoms with E-state index >= 15 is 0 Å². The average Bonchev–Trinajstić information content (AvgIpc) is 2.78. The van der Waals surface area contributed by atoms with E-state index in [0.29, 0.717) is 35.2 Å². The number of rotatable bonds is 3. The Morgan fingerprint density at radius 3 is 2.36 bits per heavy atom. The number of carbonyl (C=O) groups is 1. The number of hydrogen-bond acceptors (Lipinski definition) is 3. The van der Waals surface area contributed by atoms with Gasteiger partial charge in [0.15, 0.2) is 5.78 Å². The van der Waals surface area contributed by atoms with Gasteiger partial charge in [-0.2, -0.15) is 0 Å². The van der Waals surface area contributed by atoms with Gasteiger partial charge in [0.05, 0.1) is 11.9 Å². The normalized spacial score (nSPS) is 14.0. The fourth-order valence-corrected chi connectivity index (χ4v) is 3.21. The second kappa shape index (κ2) is 5.21. The molecule has 1 aliphatic rings. The molecule has 114 valence electrons. The van der Waals surface area contributed by atoms with Crippen molar-refractivity contribution in [2.24, 2.45) is 0 Å². The number of anilines is 1. The third-order valence-electron chi connectivity index (χ3n) is 3.62. The van der Waals surface area contributed by atoms with Crippen molar-refractivity contribution in [1.82, 2.24) is 0 Å². The Bertz CT molecular complexity index is 858. The van der Waals surface area contributed by atoms with Crippen LogP contribution in [0.25, 0.3) is 11.1 Å². The van der Waals surface area contributed by atoms with Gasteiger partial charge in [0.1, 0.15) is 5.82 Å². The molecule has 0 atom stereocenters. The van der Waals surface area contributed by atoms with E-state index in [0.717, 1.165) is 11.8 Å². The second-order valence-electron chi connectivity index (χ2n) is 5.36. The lowest BCUT2D eigenvalue weighted by Crippen LogP contribution is -2.11. The number of halogens is 1. The lowest BCUT2D eigenvalue weighted by molar-refractivity contribution is 0.0994. The van der Waals surface area contributed by atoms with Crippen molar-refractivity contribution in [3.05, 3.63) is 53.3 Å². The minimum Gasteiger partial charge on any atom is -0.294 e. The number of fused-ring (bicyclic) bond motifs is 1. The molecule has 2 aromatic rings. The SMILES string of the molecule is CS(=O)(=O)Nc1cc2c(cc1-c1ccc(F)cc1)C(=O)CC2. The third kappa shape index (κ3) is 2.87. The molecule has 2 aromatic carbocycles. The molecule has 0 amide bonds. The maximum absolute atomic E-state index is 13.1. The van der Waals surface area contributed by atoms with E-state index < -0.39 is 10.0 Å². The zero-order valence-corrected chi connectivity index (χ0v) is 12.7. The smallest absolute Gasteiger partial charge is 0.229 e. The molecule has 0 fully saturated rings. The molecule has 4 nitrogen and oxygen atoms in total. The first-order valence-electron chi connectivity index (χ1n) is 6.77. The summed E-state index contributed by atoms with van der Waals surface area (Å²) in [5.74, 6) is -0.331. The minimum absolute atomic E-state index is 0.0456. The minimum atomic E-state index is -3.46. The van der Waals surface area contributed by atoms with Gasteiger partial charge in [0.2, 0.25) is 10.0 Å². The molecule has 0 unspecified atom stereocenters.